The van der Waals surface area contributed by atoms with Crippen molar-refractivity contribution in [2.45, 2.75) is 38.6 Å². The fraction of sp³-hybridized carbons (Fsp3) is 0.529. The van der Waals surface area contributed by atoms with E-state index in [0.29, 0.717) is 19.0 Å². The summed E-state index contributed by atoms with van der Waals surface area (Å²) >= 11 is 0. The standard InChI is InChI=1S/C17H24N4O2S/c1-12(2)17-15-10-16(19-11-13(15)4-7-18-17)20-14-5-8-21(9-6-14)24(3,22)23/h4,7,10-12,14H,5-6,8-9H2,1-3H3,(H,19,20). The number of anilines is 1. The van der Waals surface area contributed by atoms with Crippen molar-refractivity contribution in [3.8, 4) is 0 Å². The Labute approximate surface area is 143 Å². The summed E-state index contributed by atoms with van der Waals surface area (Å²) in [5.41, 5.74) is 1.07. The van der Waals surface area contributed by atoms with Crippen molar-refractivity contribution >= 4 is 26.6 Å². The highest BCUT2D eigenvalue weighted by Crippen LogP contribution is 2.25. The number of pyridine rings is 2. The van der Waals surface area contributed by atoms with Crippen LogP contribution in [0.2, 0.25) is 0 Å². The fourth-order valence-corrected chi connectivity index (χ4v) is 4.04. The molecule has 1 fully saturated rings. The molecule has 1 aliphatic rings. The Hall–Kier alpha value is -1.73. The molecule has 0 aliphatic carbocycles. The van der Waals surface area contributed by atoms with Gasteiger partial charge < -0.3 is 5.32 Å². The van der Waals surface area contributed by atoms with Gasteiger partial charge in [-0.25, -0.2) is 17.7 Å². The van der Waals surface area contributed by atoms with Gasteiger partial charge in [-0.3, -0.25) is 4.98 Å². The van der Waals surface area contributed by atoms with Crippen LogP contribution in [0.1, 0.15) is 38.3 Å². The lowest BCUT2D eigenvalue weighted by atomic mass is 10.0. The molecule has 0 amide bonds. The maximum absolute atomic E-state index is 11.6. The van der Waals surface area contributed by atoms with Gasteiger partial charge in [0.25, 0.3) is 0 Å². The zero-order valence-electron chi connectivity index (χ0n) is 14.4. The molecule has 0 atom stereocenters. The van der Waals surface area contributed by atoms with Crippen LogP contribution in [0.5, 0.6) is 0 Å². The summed E-state index contributed by atoms with van der Waals surface area (Å²) in [7, 11) is -3.08. The number of fused-ring (bicyclic) bond motifs is 1. The highest BCUT2D eigenvalue weighted by Gasteiger charge is 2.25. The summed E-state index contributed by atoms with van der Waals surface area (Å²) < 4.78 is 24.7. The first kappa shape index (κ1) is 17.1. The molecule has 24 heavy (non-hydrogen) atoms. The third-order valence-corrected chi connectivity index (χ3v) is 5.80. The van der Waals surface area contributed by atoms with Gasteiger partial charge in [0, 0.05) is 42.3 Å². The van der Waals surface area contributed by atoms with Crippen molar-refractivity contribution in [3.05, 3.63) is 30.2 Å². The van der Waals surface area contributed by atoms with Gasteiger partial charge in [-0.2, -0.15) is 0 Å². The van der Waals surface area contributed by atoms with Crippen LogP contribution in [0.3, 0.4) is 0 Å². The molecule has 7 heteroatoms. The van der Waals surface area contributed by atoms with Crippen molar-refractivity contribution in [2.24, 2.45) is 0 Å². The Morgan fingerprint density at radius 1 is 1.25 bits per heavy atom. The van der Waals surface area contributed by atoms with Gasteiger partial charge in [0.1, 0.15) is 5.82 Å². The van der Waals surface area contributed by atoms with E-state index in [4.69, 9.17) is 0 Å². The van der Waals surface area contributed by atoms with Gasteiger partial charge in [-0.05, 0) is 30.9 Å². The minimum Gasteiger partial charge on any atom is -0.367 e. The van der Waals surface area contributed by atoms with Gasteiger partial charge in [0.15, 0.2) is 0 Å². The lowest BCUT2D eigenvalue weighted by Gasteiger charge is -2.31. The summed E-state index contributed by atoms with van der Waals surface area (Å²) in [5, 5.41) is 5.66. The van der Waals surface area contributed by atoms with Crippen LogP contribution in [-0.2, 0) is 10.0 Å². The Morgan fingerprint density at radius 3 is 2.58 bits per heavy atom. The molecule has 2 aromatic heterocycles. The normalized spacial score (nSPS) is 17.5. The Morgan fingerprint density at radius 2 is 1.96 bits per heavy atom. The van der Waals surface area contributed by atoms with Crippen LogP contribution in [0.15, 0.2) is 24.5 Å². The van der Waals surface area contributed by atoms with Crippen LogP contribution in [0, 0.1) is 0 Å². The summed E-state index contributed by atoms with van der Waals surface area (Å²) in [6, 6.07) is 4.27. The molecule has 1 N–H and O–H groups in total. The largest absolute Gasteiger partial charge is 0.367 e. The molecule has 0 saturated carbocycles. The molecule has 0 unspecified atom stereocenters. The minimum absolute atomic E-state index is 0.243. The molecular formula is C17H24N4O2S. The average Bonchev–Trinajstić information content (AvgIpc) is 2.53. The second-order valence-corrected chi connectivity index (χ2v) is 8.70. The van der Waals surface area contributed by atoms with Crippen LogP contribution < -0.4 is 5.32 Å². The van der Waals surface area contributed by atoms with Gasteiger partial charge in [-0.1, -0.05) is 13.8 Å². The van der Waals surface area contributed by atoms with Gasteiger partial charge in [0.05, 0.1) is 11.9 Å². The van der Waals surface area contributed by atoms with Crippen LogP contribution in [0.4, 0.5) is 5.82 Å². The second kappa shape index (κ2) is 6.64. The number of nitrogens with zero attached hydrogens (tertiary/aromatic N) is 3. The fourth-order valence-electron chi connectivity index (χ4n) is 3.17. The van der Waals surface area contributed by atoms with E-state index in [1.54, 1.807) is 4.31 Å². The molecule has 130 valence electrons. The molecule has 1 saturated heterocycles. The molecule has 3 rings (SSSR count). The molecule has 0 spiro atoms. The van der Waals surface area contributed by atoms with E-state index in [2.05, 4.69) is 35.2 Å². The van der Waals surface area contributed by atoms with Gasteiger partial charge in [0.2, 0.25) is 10.0 Å². The first-order valence-corrected chi connectivity index (χ1v) is 10.2. The maximum Gasteiger partial charge on any atom is 0.211 e. The summed E-state index contributed by atoms with van der Waals surface area (Å²) in [6.07, 6.45) is 6.55. The van der Waals surface area contributed by atoms with Crippen LogP contribution >= 0.6 is 0 Å². The lowest BCUT2D eigenvalue weighted by Crippen LogP contribution is -2.41. The van der Waals surface area contributed by atoms with Crippen molar-refractivity contribution < 1.29 is 8.42 Å². The zero-order chi connectivity index (χ0) is 17.3. The molecule has 1 aliphatic heterocycles. The zero-order valence-corrected chi connectivity index (χ0v) is 15.2. The average molecular weight is 348 g/mol. The predicted octanol–water partition coefficient (Wildman–Crippen LogP) is 2.59. The second-order valence-electron chi connectivity index (χ2n) is 6.72. The molecule has 2 aromatic rings. The third-order valence-electron chi connectivity index (χ3n) is 4.50. The van der Waals surface area contributed by atoms with Crippen LogP contribution in [-0.4, -0.2) is 48.1 Å². The van der Waals surface area contributed by atoms with E-state index in [9.17, 15) is 8.42 Å². The number of nitrogens with one attached hydrogen (secondary N) is 1. The molecule has 0 bridgehead atoms. The lowest BCUT2D eigenvalue weighted by molar-refractivity contribution is 0.331. The predicted molar refractivity (Wildman–Crippen MR) is 96.7 cm³/mol. The number of hydrogen-bond acceptors (Lipinski definition) is 5. The Balaban J connectivity index is 1.76. The highest BCUT2D eigenvalue weighted by molar-refractivity contribution is 7.88. The van der Waals surface area contributed by atoms with E-state index >= 15 is 0 Å². The highest BCUT2D eigenvalue weighted by atomic mass is 32.2. The van der Waals surface area contributed by atoms with Crippen molar-refractivity contribution in [1.29, 1.82) is 0 Å². The number of rotatable bonds is 4. The molecule has 0 radical (unpaired) electrons. The first-order chi connectivity index (χ1) is 11.3. The van der Waals surface area contributed by atoms with Gasteiger partial charge >= 0.3 is 0 Å². The summed E-state index contributed by atoms with van der Waals surface area (Å²) in [6.45, 7) is 5.39. The van der Waals surface area contributed by atoms with Crippen molar-refractivity contribution in [1.82, 2.24) is 14.3 Å². The SMILES string of the molecule is CC(C)c1nccc2cnc(NC3CCN(S(C)(=O)=O)CC3)cc12. The Bertz CT molecular complexity index is 828. The van der Waals surface area contributed by atoms with Crippen LogP contribution in [0.25, 0.3) is 10.8 Å². The maximum atomic E-state index is 11.6. The monoisotopic (exact) mass is 348 g/mol. The van der Waals surface area contributed by atoms with Gasteiger partial charge in [-0.15, -0.1) is 0 Å². The molecule has 6 nitrogen and oxygen atoms in total. The van der Waals surface area contributed by atoms with E-state index in [1.807, 2.05) is 18.5 Å². The van der Waals surface area contributed by atoms with E-state index < -0.39 is 10.0 Å². The molecular weight excluding hydrogens is 324 g/mol. The third kappa shape index (κ3) is 3.67. The number of sulfonamides is 1. The molecule has 0 aromatic carbocycles. The topological polar surface area (TPSA) is 75.2 Å². The first-order valence-electron chi connectivity index (χ1n) is 8.31. The van der Waals surface area contributed by atoms with Crippen molar-refractivity contribution in [3.63, 3.8) is 0 Å². The minimum atomic E-state index is -3.08. The summed E-state index contributed by atoms with van der Waals surface area (Å²) in [4.78, 5) is 9.00. The van der Waals surface area contributed by atoms with E-state index in [1.165, 1.54) is 6.26 Å². The van der Waals surface area contributed by atoms with E-state index in [-0.39, 0.29) is 6.04 Å². The Kier molecular flexibility index (Phi) is 4.73. The number of piperidine rings is 1. The van der Waals surface area contributed by atoms with E-state index in [0.717, 1.165) is 35.1 Å². The summed E-state index contributed by atoms with van der Waals surface area (Å²) in [5.74, 6) is 1.18. The molecule has 3 heterocycles. The number of aromatic nitrogens is 2. The number of hydrogen-bond donors (Lipinski definition) is 1. The quantitative estimate of drug-likeness (QED) is 0.919. The smallest absolute Gasteiger partial charge is 0.211 e. The van der Waals surface area contributed by atoms with Crippen molar-refractivity contribution in [2.75, 3.05) is 24.7 Å².